The summed E-state index contributed by atoms with van der Waals surface area (Å²) in [6.45, 7) is 5.31. The molecule has 0 saturated carbocycles. The van der Waals surface area contributed by atoms with Crippen molar-refractivity contribution in [3.8, 4) is 0 Å². The summed E-state index contributed by atoms with van der Waals surface area (Å²) in [5.41, 5.74) is 0. The number of nitrogens with zero attached hydrogens (tertiary/aromatic N) is 2. The summed E-state index contributed by atoms with van der Waals surface area (Å²) in [4.78, 5) is 16.6. The maximum Gasteiger partial charge on any atom is 0.227 e. The van der Waals surface area contributed by atoms with Gasteiger partial charge in [0.25, 0.3) is 0 Å². The third kappa shape index (κ3) is 3.68. The molecule has 2 saturated heterocycles. The monoisotopic (exact) mass is 269 g/mol. The third-order valence-electron chi connectivity index (χ3n) is 4.17. The van der Waals surface area contributed by atoms with Crippen molar-refractivity contribution in [2.45, 2.75) is 31.9 Å². The number of carbonyl (C=O) groups excluding carboxylic acids is 1. The van der Waals surface area contributed by atoms with Crippen molar-refractivity contribution in [3.05, 3.63) is 0 Å². The normalized spacial score (nSPS) is 35.9. The molecule has 0 radical (unpaired) electrons. The molecule has 19 heavy (non-hydrogen) atoms. The molecule has 0 spiro atoms. The molecule has 0 aromatic carbocycles. The average molecular weight is 269 g/mol. The van der Waals surface area contributed by atoms with Crippen LogP contribution in [0.25, 0.3) is 0 Å². The highest BCUT2D eigenvalue weighted by Gasteiger charge is 2.38. The first-order valence-corrected chi connectivity index (χ1v) is 7.31. The largest absolute Gasteiger partial charge is 0.391 e. The van der Waals surface area contributed by atoms with Crippen molar-refractivity contribution in [3.63, 3.8) is 0 Å². The maximum absolute atomic E-state index is 12.6. The number of hydrogen-bond donors (Lipinski definition) is 2. The Kier molecular flexibility index (Phi) is 4.81. The molecule has 2 rings (SSSR count). The number of amides is 1. The molecule has 110 valence electrons. The van der Waals surface area contributed by atoms with Crippen LogP contribution in [0.3, 0.4) is 0 Å². The van der Waals surface area contributed by atoms with Gasteiger partial charge in [-0.2, -0.15) is 0 Å². The number of piperidine rings is 1. The molecule has 5 heteroatoms. The molecule has 2 fully saturated rings. The zero-order valence-corrected chi connectivity index (χ0v) is 12.3. The van der Waals surface area contributed by atoms with Gasteiger partial charge in [0.1, 0.15) is 0 Å². The Bertz CT molecular complexity index is 322. The van der Waals surface area contributed by atoms with E-state index in [-0.39, 0.29) is 24.0 Å². The van der Waals surface area contributed by atoms with Crippen molar-refractivity contribution in [1.29, 1.82) is 0 Å². The lowest BCUT2D eigenvalue weighted by atomic mass is 9.90. The summed E-state index contributed by atoms with van der Waals surface area (Å²) < 4.78 is 0. The Hall–Kier alpha value is -0.650. The van der Waals surface area contributed by atoms with E-state index in [9.17, 15) is 9.90 Å². The topological polar surface area (TPSA) is 55.8 Å². The molecule has 0 bridgehead atoms. The van der Waals surface area contributed by atoms with Gasteiger partial charge in [-0.1, -0.05) is 6.92 Å². The van der Waals surface area contributed by atoms with E-state index in [2.05, 4.69) is 17.1 Å². The Morgan fingerprint density at radius 2 is 2.11 bits per heavy atom. The summed E-state index contributed by atoms with van der Waals surface area (Å²) >= 11 is 0. The van der Waals surface area contributed by atoms with Gasteiger partial charge >= 0.3 is 0 Å². The number of aliphatic hydroxyl groups is 1. The molecular formula is C14H27N3O2. The van der Waals surface area contributed by atoms with Gasteiger partial charge in [-0.05, 0) is 39.4 Å². The second-order valence-electron chi connectivity index (χ2n) is 6.49. The second kappa shape index (κ2) is 6.20. The Labute approximate surface area is 115 Å². The standard InChI is InChI=1S/C14H27N3O2/c1-10-4-11(7-15-6-10)14(19)17-9-13(18)5-12(17)8-16(2)3/h10-13,15,18H,4-9H2,1-3H3. The second-order valence-corrected chi connectivity index (χ2v) is 6.49. The number of hydrogen-bond acceptors (Lipinski definition) is 4. The van der Waals surface area contributed by atoms with Crippen molar-refractivity contribution in [2.75, 3.05) is 40.3 Å². The van der Waals surface area contributed by atoms with Crippen LogP contribution in [-0.4, -0.2) is 73.2 Å². The van der Waals surface area contributed by atoms with Crippen LogP contribution >= 0.6 is 0 Å². The van der Waals surface area contributed by atoms with Crippen molar-refractivity contribution >= 4 is 5.91 Å². The van der Waals surface area contributed by atoms with Gasteiger partial charge in [0.05, 0.1) is 12.0 Å². The summed E-state index contributed by atoms with van der Waals surface area (Å²) in [7, 11) is 4.02. The van der Waals surface area contributed by atoms with Crippen LogP contribution < -0.4 is 5.32 Å². The fraction of sp³-hybridized carbons (Fsp3) is 0.929. The van der Waals surface area contributed by atoms with E-state index in [0.29, 0.717) is 18.9 Å². The van der Waals surface area contributed by atoms with E-state index >= 15 is 0 Å². The number of β-amino-alcohol motifs (C(OH)–C–C–N with tert-alkyl or cyclic N) is 1. The Morgan fingerprint density at radius 3 is 2.74 bits per heavy atom. The van der Waals surface area contributed by atoms with E-state index in [1.807, 2.05) is 19.0 Å². The molecule has 2 N–H and O–H groups in total. The molecule has 0 aromatic heterocycles. The average Bonchev–Trinajstić information content (AvgIpc) is 2.68. The Morgan fingerprint density at radius 1 is 1.37 bits per heavy atom. The Balaban J connectivity index is 1.99. The molecule has 2 heterocycles. The summed E-state index contributed by atoms with van der Waals surface area (Å²) in [6.07, 6.45) is 1.31. The predicted molar refractivity (Wildman–Crippen MR) is 74.8 cm³/mol. The highest BCUT2D eigenvalue weighted by atomic mass is 16.3. The van der Waals surface area contributed by atoms with Crippen LogP contribution in [0.1, 0.15) is 19.8 Å². The zero-order chi connectivity index (χ0) is 14.0. The number of carbonyl (C=O) groups is 1. The summed E-state index contributed by atoms with van der Waals surface area (Å²) in [5.74, 6) is 0.865. The van der Waals surface area contributed by atoms with Gasteiger partial charge < -0.3 is 20.2 Å². The molecule has 2 aliphatic heterocycles. The minimum Gasteiger partial charge on any atom is -0.391 e. The van der Waals surface area contributed by atoms with Crippen molar-refractivity contribution in [2.24, 2.45) is 11.8 Å². The van der Waals surface area contributed by atoms with E-state index in [1.165, 1.54) is 0 Å². The molecule has 4 unspecified atom stereocenters. The van der Waals surface area contributed by atoms with Crippen LogP contribution in [0.4, 0.5) is 0 Å². The molecular weight excluding hydrogens is 242 g/mol. The van der Waals surface area contributed by atoms with Gasteiger partial charge in [-0.3, -0.25) is 4.79 Å². The lowest BCUT2D eigenvalue weighted by molar-refractivity contribution is -0.137. The molecule has 1 amide bonds. The summed E-state index contributed by atoms with van der Waals surface area (Å²) in [6, 6.07) is 0.162. The molecule has 4 atom stereocenters. The lowest BCUT2D eigenvalue weighted by Gasteiger charge is -2.33. The smallest absolute Gasteiger partial charge is 0.227 e. The molecule has 2 aliphatic rings. The minimum absolute atomic E-state index is 0.0821. The van der Waals surface area contributed by atoms with Crippen LogP contribution in [-0.2, 0) is 4.79 Å². The predicted octanol–water partition coefficient (Wildman–Crippen LogP) is -0.245. The number of likely N-dealkylation sites (tertiary alicyclic amines) is 1. The van der Waals surface area contributed by atoms with Gasteiger partial charge in [-0.25, -0.2) is 0 Å². The quantitative estimate of drug-likeness (QED) is 0.742. The maximum atomic E-state index is 12.6. The third-order valence-corrected chi connectivity index (χ3v) is 4.17. The van der Waals surface area contributed by atoms with Crippen LogP contribution in [0.5, 0.6) is 0 Å². The molecule has 5 nitrogen and oxygen atoms in total. The fourth-order valence-electron chi connectivity index (χ4n) is 3.34. The first kappa shape index (κ1) is 14.8. The van der Waals surface area contributed by atoms with Gasteiger partial charge in [0, 0.05) is 25.7 Å². The van der Waals surface area contributed by atoms with Crippen molar-refractivity contribution in [1.82, 2.24) is 15.1 Å². The van der Waals surface area contributed by atoms with Gasteiger partial charge in [-0.15, -0.1) is 0 Å². The molecule has 0 aromatic rings. The van der Waals surface area contributed by atoms with E-state index < -0.39 is 0 Å². The van der Waals surface area contributed by atoms with E-state index in [1.54, 1.807) is 0 Å². The van der Waals surface area contributed by atoms with Gasteiger partial charge in [0.2, 0.25) is 5.91 Å². The SMILES string of the molecule is CC1CNCC(C(=O)N2CC(O)CC2CN(C)C)C1. The van der Waals surface area contributed by atoms with Crippen LogP contribution in [0, 0.1) is 11.8 Å². The number of rotatable bonds is 3. The zero-order valence-electron chi connectivity index (χ0n) is 12.3. The lowest BCUT2D eigenvalue weighted by Crippen LogP contribution is -2.49. The number of aliphatic hydroxyl groups excluding tert-OH is 1. The summed E-state index contributed by atoms with van der Waals surface area (Å²) in [5, 5.41) is 13.2. The fourth-order valence-corrected chi connectivity index (χ4v) is 3.34. The highest BCUT2D eigenvalue weighted by molar-refractivity contribution is 5.80. The first-order chi connectivity index (χ1) is 8.97. The van der Waals surface area contributed by atoms with Gasteiger partial charge in [0.15, 0.2) is 0 Å². The number of likely N-dealkylation sites (N-methyl/N-ethyl adjacent to an activating group) is 1. The van der Waals surface area contributed by atoms with E-state index in [0.717, 1.165) is 26.1 Å². The van der Waals surface area contributed by atoms with E-state index in [4.69, 9.17) is 0 Å². The van der Waals surface area contributed by atoms with Crippen LogP contribution in [0.2, 0.25) is 0 Å². The number of nitrogens with one attached hydrogen (secondary N) is 1. The minimum atomic E-state index is -0.358. The molecule has 0 aliphatic carbocycles. The highest BCUT2D eigenvalue weighted by Crippen LogP contribution is 2.24. The van der Waals surface area contributed by atoms with Crippen LogP contribution in [0.15, 0.2) is 0 Å². The first-order valence-electron chi connectivity index (χ1n) is 7.31. The van der Waals surface area contributed by atoms with Crippen molar-refractivity contribution < 1.29 is 9.90 Å².